The molecule has 0 saturated heterocycles. The molecule has 298 valence electrons. The van der Waals surface area contributed by atoms with Crippen molar-refractivity contribution in [3.63, 3.8) is 0 Å². The first-order chi connectivity index (χ1) is 25.1. The number of aliphatic carboxylic acids is 2. The number of alkyl halides is 6. The molecule has 0 aliphatic rings. The highest BCUT2D eigenvalue weighted by atomic mass is 35.5. The van der Waals surface area contributed by atoms with Crippen LogP contribution in [-0.4, -0.2) is 76.2 Å². The van der Waals surface area contributed by atoms with Gasteiger partial charge in [-0.05, 0) is 79.6 Å². The fourth-order valence-corrected chi connectivity index (χ4v) is 5.89. The minimum absolute atomic E-state index is 0.275. The summed E-state index contributed by atoms with van der Waals surface area (Å²) in [6, 6.07) is 9.87. The van der Waals surface area contributed by atoms with Gasteiger partial charge in [-0.1, -0.05) is 17.7 Å². The third-order valence-corrected chi connectivity index (χ3v) is 10.00. The van der Waals surface area contributed by atoms with Crippen LogP contribution in [0.1, 0.15) is 23.6 Å². The van der Waals surface area contributed by atoms with Crippen molar-refractivity contribution < 1.29 is 72.5 Å². The Morgan fingerprint density at radius 2 is 1.44 bits per heavy atom. The second-order valence-corrected chi connectivity index (χ2v) is 16.2. The van der Waals surface area contributed by atoms with Crippen molar-refractivity contribution in [2.75, 3.05) is 30.5 Å². The standard InChI is InChI=1S/C17H19ClN2O5S.C17H12F6O5S/c1-10-7-16(20(3)26(4,23)24)19-9-14(10)13-8-12(18)5-6-15(13)25-11(2)17(21)22;1-29(26,27)10-3-4-11(13(7-10)17(21,22)23)12-6-9(16(18,19)20)2-5-14(12)28-8-15(24)25/h5-9,11H,1-4H3,(H,21,22);2-7H,8H2,1H3,(H,24,25)/t11-;/m0./s1. The Hall–Kier alpha value is -5.08. The maximum absolute atomic E-state index is 13.5. The molecular weight excluding hydrogens is 810 g/mol. The van der Waals surface area contributed by atoms with Crippen molar-refractivity contribution in [2.24, 2.45) is 0 Å². The molecule has 0 aliphatic heterocycles. The number of benzene rings is 3. The molecule has 12 nitrogen and oxygen atoms in total. The number of rotatable bonds is 11. The number of hydrogen-bond donors (Lipinski definition) is 2. The number of carboxylic acid groups (broad SMARTS) is 2. The lowest BCUT2D eigenvalue weighted by Gasteiger charge is -2.19. The van der Waals surface area contributed by atoms with Gasteiger partial charge in [0.2, 0.25) is 10.0 Å². The molecule has 4 rings (SSSR count). The quantitative estimate of drug-likeness (QED) is 0.146. The van der Waals surface area contributed by atoms with Crippen LogP contribution in [0.15, 0.2) is 71.8 Å². The Morgan fingerprint density at radius 1 is 0.836 bits per heavy atom. The van der Waals surface area contributed by atoms with Gasteiger partial charge in [0.15, 0.2) is 22.5 Å². The largest absolute Gasteiger partial charge is 0.481 e. The Morgan fingerprint density at radius 3 is 1.95 bits per heavy atom. The SMILES string of the molecule is CS(=O)(=O)c1ccc(-c2cc(C(F)(F)F)ccc2OCC(=O)O)c(C(F)(F)F)c1.Cc1cc(N(C)S(C)(=O)=O)ncc1-c1cc(Cl)ccc1O[C@@H](C)C(=O)O. The van der Waals surface area contributed by atoms with Gasteiger partial charge in [-0.15, -0.1) is 0 Å². The topological polar surface area (TPSA) is 177 Å². The predicted octanol–water partition coefficient (Wildman–Crippen LogP) is 7.22. The molecule has 0 spiro atoms. The highest BCUT2D eigenvalue weighted by Gasteiger charge is 2.37. The molecule has 4 aromatic rings. The average Bonchev–Trinajstić information content (AvgIpc) is 3.06. The van der Waals surface area contributed by atoms with E-state index in [0.717, 1.165) is 22.2 Å². The second kappa shape index (κ2) is 16.7. The zero-order valence-corrected chi connectivity index (χ0v) is 31.5. The van der Waals surface area contributed by atoms with E-state index in [0.29, 0.717) is 58.5 Å². The number of nitrogens with zero attached hydrogens (tertiary/aromatic N) is 2. The van der Waals surface area contributed by atoms with Gasteiger partial charge in [-0.25, -0.2) is 31.4 Å². The van der Waals surface area contributed by atoms with Crippen LogP contribution >= 0.6 is 11.6 Å². The number of carboxylic acids is 2. The van der Waals surface area contributed by atoms with Crippen LogP contribution in [0.5, 0.6) is 11.5 Å². The summed E-state index contributed by atoms with van der Waals surface area (Å²) in [4.78, 5) is 25.3. The first-order valence-corrected chi connectivity index (χ1v) is 19.3. The van der Waals surface area contributed by atoms with Crippen LogP contribution in [0.2, 0.25) is 5.02 Å². The predicted molar refractivity (Wildman–Crippen MR) is 189 cm³/mol. The molecule has 55 heavy (non-hydrogen) atoms. The third-order valence-electron chi connectivity index (χ3n) is 7.47. The van der Waals surface area contributed by atoms with Gasteiger partial charge in [0.1, 0.15) is 17.3 Å². The van der Waals surface area contributed by atoms with Gasteiger partial charge in [-0.2, -0.15) is 26.3 Å². The number of sulfonamides is 1. The Kier molecular flexibility index (Phi) is 13.5. The van der Waals surface area contributed by atoms with Gasteiger partial charge in [0.05, 0.1) is 22.3 Å². The molecule has 0 fully saturated rings. The highest BCUT2D eigenvalue weighted by molar-refractivity contribution is 7.92. The van der Waals surface area contributed by atoms with Gasteiger partial charge in [0.25, 0.3) is 0 Å². The number of anilines is 1. The molecular formula is C34H31ClF6N2O10S2. The van der Waals surface area contributed by atoms with Crippen LogP contribution in [0.25, 0.3) is 22.3 Å². The van der Waals surface area contributed by atoms with E-state index in [1.165, 1.54) is 20.2 Å². The summed E-state index contributed by atoms with van der Waals surface area (Å²) in [6.45, 7) is 2.21. The van der Waals surface area contributed by atoms with Crippen molar-refractivity contribution in [3.05, 3.63) is 88.6 Å². The monoisotopic (exact) mass is 840 g/mol. The molecule has 3 aromatic carbocycles. The Bertz CT molecular complexity index is 2320. The summed E-state index contributed by atoms with van der Waals surface area (Å²) in [6.07, 6.45) is -7.78. The van der Waals surface area contributed by atoms with Crippen LogP contribution in [-0.2, 0) is 41.8 Å². The first-order valence-electron chi connectivity index (χ1n) is 15.2. The van der Waals surface area contributed by atoms with E-state index < -0.39 is 89.8 Å². The molecule has 0 unspecified atom stereocenters. The normalized spacial score (nSPS) is 12.6. The molecule has 21 heteroatoms. The number of ether oxygens (including phenoxy) is 2. The number of carbonyl (C=O) groups is 2. The van der Waals surface area contributed by atoms with E-state index in [9.17, 15) is 52.8 Å². The number of pyridine rings is 1. The zero-order valence-electron chi connectivity index (χ0n) is 29.2. The van der Waals surface area contributed by atoms with Crippen molar-refractivity contribution in [1.82, 2.24) is 4.98 Å². The summed E-state index contributed by atoms with van der Waals surface area (Å²) < 4.78 is 138. The number of halogens is 7. The summed E-state index contributed by atoms with van der Waals surface area (Å²) >= 11 is 6.08. The first kappa shape index (κ1) is 44.3. The summed E-state index contributed by atoms with van der Waals surface area (Å²) in [5, 5.41) is 18.2. The zero-order chi connectivity index (χ0) is 41.8. The molecule has 0 bridgehead atoms. The summed E-state index contributed by atoms with van der Waals surface area (Å²) in [5.41, 5.74) is -2.32. The highest BCUT2D eigenvalue weighted by Crippen LogP contribution is 2.44. The van der Waals surface area contributed by atoms with Crippen LogP contribution < -0.4 is 13.8 Å². The number of sulfone groups is 1. The lowest BCUT2D eigenvalue weighted by molar-refractivity contribution is -0.144. The molecule has 0 amide bonds. The van der Waals surface area contributed by atoms with Gasteiger partial charge in [0, 0.05) is 41.2 Å². The smallest absolute Gasteiger partial charge is 0.417 e. The van der Waals surface area contributed by atoms with Crippen molar-refractivity contribution in [1.29, 1.82) is 0 Å². The second-order valence-electron chi connectivity index (χ2n) is 11.7. The fourth-order valence-electron chi connectivity index (χ4n) is 4.63. The summed E-state index contributed by atoms with van der Waals surface area (Å²) in [7, 11) is -6.05. The van der Waals surface area contributed by atoms with E-state index >= 15 is 0 Å². The number of hydrogen-bond acceptors (Lipinski definition) is 9. The summed E-state index contributed by atoms with van der Waals surface area (Å²) in [5.74, 6) is -2.52. The molecule has 0 aliphatic carbocycles. The van der Waals surface area contributed by atoms with Crippen molar-refractivity contribution >= 4 is 49.2 Å². The van der Waals surface area contributed by atoms with Crippen molar-refractivity contribution in [3.8, 4) is 33.8 Å². The van der Waals surface area contributed by atoms with Crippen LogP contribution in [0.3, 0.4) is 0 Å². The number of aromatic nitrogens is 1. The molecule has 1 aromatic heterocycles. The van der Waals surface area contributed by atoms with Crippen LogP contribution in [0, 0.1) is 6.92 Å². The molecule has 0 radical (unpaired) electrons. The van der Waals surface area contributed by atoms with Crippen LogP contribution in [0.4, 0.5) is 32.2 Å². The van der Waals surface area contributed by atoms with Crippen molar-refractivity contribution in [2.45, 2.75) is 37.2 Å². The maximum Gasteiger partial charge on any atom is 0.417 e. The molecule has 1 heterocycles. The lowest BCUT2D eigenvalue weighted by Crippen LogP contribution is -2.25. The molecule has 1 atom stereocenters. The average molecular weight is 841 g/mol. The van der Waals surface area contributed by atoms with E-state index in [1.807, 2.05) is 0 Å². The Balaban J connectivity index is 0.000000297. The minimum atomic E-state index is -5.12. The van der Waals surface area contributed by atoms with E-state index in [1.54, 1.807) is 31.2 Å². The van der Waals surface area contributed by atoms with Gasteiger partial charge < -0.3 is 19.7 Å². The van der Waals surface area contributed by atoms with E-state index in [2.05, 4.69) is 4.98 Å². The maximum atomic E-state index is 13.5. The Labute approximate surface area is 315 Å². The minimum Gasteiger partial charge on any atom is -0.481 e. The molecule has 2 N–H and O–H groups in total. The van der Waals surface area contributed by atoms with Gasteiger partial charge >= 0.3 is 24.3 Å². The molecule has 0 saturated carbocycles. The lowest BCUT2D eigenvalue weighted by atomic mass is 9.96. The van der Waals surface area contributed by atoms with Gasteiger partial charge in [-0.3, -0.25) is 4.31 Å². The van der Waals surface area contributed by atoms with E-state index in [-0.39, 0.29) is 5.82 Å². The number of aryl methyl sites for hydroxylation is 1. The third kappa shape index (κ3) is 11.7. The van der Waals surface area contributed by atoms with E-state index in [4.69, 9.17) is 31.3 Å². The fraction of sp³-hybridized carbons (Fsp3) is 0.265.